The molecule has 0 atom stereocenters. The van der Waals surface area contributed by atoms with Crippen molar-refractivity contribution in [3.8, 4) is 110 Å². The lowest BCUT2D eigenvalue weighted by Crippen LogP contribution is -1.88. The van der Waals surface area contributed by atoms with E-state index >= 15 is 0 Å². The zero-order chi connectivity index (χ0) is 29.9. The molecule has 0 heterocycles. The van der Waals surface area contributed by atoms with Crippen LogP contribution >= 0.6 is 0 Å². The van der Waals surface area contributed by atoms with Gasteiger partial charge in [0, 0.05) is 66.8 Å². The molecule has 0 aliphatic rings. The van der Waals surface area contributed by atoms with Crippen molar-refractivity contribution >= 4 is 0 Å². The zero-order valence-corrected chi connectivity index (χ0v) is 22.4. The van der Waals surface area contributed by atoms with Gasteiger partial charge in [0.25, 0.3) is 0 Å². The summed E-state index contributed by atoms with van der Waals surface area (Å²) in [4.78, 5) is 0. The highest BCUT2D eigenvalue weighted by Crippen LogP contribution is 2.14. The third-order valence-electron chi connectivity index (χ3n) is 5.79. The molecule has 0 unspecified atom stereocenters. The Bertz CT molecular complexity index is 1840. The van der Waals surface area contributed by atoms with Crippen LogP contribution in [-0.2, 0) is 0 Å². The molecule has 0 aromatic heterocycles. The van der Waals surface area contributed by atoms with Crippen molar-refractivity contribution in [2.45, 2.75) is 0 Å². The van der Waals surface area contributed by atoms with Crippen LogP contribution in [0.4, 0.5) is 0 Å². The van der Waals surface area contributed by atoms with Crippen LogP contribution < -0.4 is 0 Å². The van der Waals surface area contributed by atoms with Gasteiger partial charge in [-0.05, 0) is 72.8 Å². The van der Waals surface area contributed by atoms with Crippen molar-refractivity contribution in [3.63, 3.8) is 0 Å². The van der Waals surface area contributed by atoms with Gasteiger partial charge in [0.2, 0.25) is 0 Å². The van der Waals surface area contributed by atoms with Crippen LogP contribution in [0.25, 0.3) is 0 Å². The van der Waals surface area contributed by atoms with Crippen LogP contribution in [0.5, 0.6) is 0 Å². The molecule has 0 saturated heterocycles. The highest BCUT2D eigenvalue weighted by Gasteiger charge is 2.01. The second-order valence-electron chi connectivity index (χ2n) is 8.81. The number of hydrogen-bond acceptors (Lipinski definition) is 0. The van der Waals surface area contributed by atoms with Crippen LogP contribution in [-0.4, -0.2) is 0 Å². The lowest BCUT2D eigenvalue weighted by Gasteiger charge is -2.00. The maximum atomic E-state index is 5.58. The maximum absolute atomic E-state index is 5.58. The predicted octanol–water partition coefficient (Wildman–Crippen LogP) is 5.77. The molecule has 0 aliphatic carbocycles. The van der Waals surface area contributed by atoms with E-state index in [0.29, 0.717) is 66.8 Å². The molecule has 0 heteroatoms. The van der Waals surface area contributed by atoms with E-state index in [4.69, 9.17) is 38.5 Å². The fourth-order valence-corrected chi connectivity index (χ4v) is 3.88. The number of benzene rings is 4. The standard InChI is InChI=1S/C42H18/c1-7-31-19-32(8-2)23-37(22-31)13-16-40-28-41(17-14-38-24-33(9-3)20-34(10-4)25-38)30-42(29-40)18-15-39-26-35(11-5)21-36(12-6)27-39/h1-6,19-30H. The van der Waals surface area contributed by atoms with E-state index < -0.39 is 0 Å². The van der Waals surface area contributed by atoms with Crippen LogP contribution in [0.1, 0.15) is 66.8 Å². The van der Waals surface area contributed by atoms with E-state index in [1.165, 1.54) is 0 Å². The molecule has 0 saturated carbocycles. The predicted molar refractivity (Wildman–Crippen MR) is 171 cm³/mol. The Labute approximate surface area is 248 Å². The first-order valence-electron chi connectivity index (χ1n) is 12.4. The highest BCUT2D eigenvalue weighted by atomic mass is 14.0. The summed E-state index contributed by atoms with van der Waals surface area (Å²) in [6.45, 7) is 0. The van der Waals surface area contributed by atoms with Crippen molar-refractivity contribution in [2.24, 2.45) is 0 Å². The van der Waals surface area contributed by atoms with Gasteiger partial charge >= 0.3 is 0 Å². The maximum Gasteiger partial charge on any atom is 0.0273 e. The van der Waals surface area contributed by atoms with Crippen LogP contribution in [0.3, 0.4) is 0 Å². The molecule has 0 fully saturated rings. The minimum atomic E-state index is 0.655. The highest BCUT2D eigenvalue weighted by molar-refractivity contribution is 5.59. The first-order valence-corrected chi connectivity index (χ1v) is 12.4. The van der Waals surface area contributed by atoms with E-state index in [1.807, 2.05) is 18.2 Å². The summed E-state index contributed by atoms with van der Waals surface area (Å²) in [5.41, 5.74) is 8.11. The topological polar surface area (TPSA) is 0 Å². The minimum absolute atomic E-state index is 0.655. The second-order valence-corrected chi connectivity index (χ2v) is 8.81. The van der Waals surface area contributed by atoms with E-state index in [1.54, 1.807) is 54.6 Å². The van der Waals surface area contributed by atoms with Crippen molar-refractivity contribution in [3.05, 3.63) is 140 Å². The van der Waals surface area contributed by atoms with Gasteiger partial charge in [-0.3, -0.25) is 0 Å². The Morgan fingerprint density at radius 3 is 0.476 bits per heavy atom. The van der Waals surface area contributed by atoms with Crippen molar-refractivity contribution in [2.75, 3.05) is 0 Å². The molecule has 0 aliphatic heterocycles. The largest absolute Gasteiger partial charge is 0.115 e. The summed E-state index contributed by atoms with van der Waals surface area (Å²) in [6.07, 6.45) is 33.5. The Hall–Kier alpha value is -7.08. The molecule has 0 amide bonds. The molecule has 42 heavy (non-hydrogen) atoms. The first kappa shape index (κ1) is 27.9. The van der Waals surface area contributed by atoms with Gasteiger partial charge in [-0.25, -0.2) is 0 Å². The Morgan fingerprint density at radius 2 is 0.333 bits per heavy atom. The molecule has 4 aromatic carbocycles. The van der Waals surface area contributed by atoms with Gasteiger partial charge < -0.3 is 0 Å². The number of rotatable bonds is 0. The lowest BCUT2D eigenvalue weighted by atomic mass is 10.0. The molecule has 0 nitrogen and oxygen atoms in total. The van der Waals surface area contributed by atoms with Crippen molar-refractivity contribution in [1.29, 1.82) is 0 Å². The molecular formula is C42H18. The number of terminal acetylenes is 6. The molecule has 4 rings (SSSR count). The molecule has 186 valence electrons. The van der Waals surface area contributed by atoms with Crippen molar-refractivity contribution < 1.29 is 0 Å². The molecule has 0 spiro atoms. The van der Waals surface area contributed by atoms with E-state index in [-0.39, 0.29) is 0 Å². The minimum Gasteiger partial charge on any atom is -0.115 e. The fraction of sp³-hybridized carbons (Fsp3) is 0. The zero-order valence-electron chi connectivity index (χ0n) is 22.4. The Kier molecular flexibility index (Phi) is 8.73. The molecule has 0 N–H and O–H groups in total. The summed E-state index contributed by atoms with van der Waals surface area (Å²) in [7, 11) is 0. The molecule has 0 radical (unpaired) electrons. The average molecular weight is 523 g/mol. The van der Waals surface area contributed by atoms with Crippen LogP contribution in [0, 0.1) is 110 Å². The summed E-state index contributed by atoms with van der Waals surface area (Å²) in [5.74, 6) is 34.6. The summed E-state index contributed by atoms with van der Waals surface area (Å²) in [6, 6.07) is 21.8. The van der Waals surface area contributed by atoms with Gasteiger partial charge in [0.1, 0.15) is 0 Å². The van der Waals surface area contributed by atoms with Gasteiger partial charge in [0.05, 0.1) is 0 Å². The van der Waals surface area contributed by atoms with Crippen molar-refractivity contribution in [1.82, 2.24) is 0 Å². The monoisotopic (exact) mass is 522 g/mol. The second kappa shape index (κ2) is 13.1. The fourth-order valence-electron chi connectivity index (χ4n) is 3.88. The molecular weight excluding hydrogens is 504 g/mol. The van der Waals surface area contributed by atoms with Gasteiger partial charge in [0.15, 0.2) is 0 Å². The normalized spacial score (nSPS) is 8.71. The smallest absolute Gasteiger partial charge is 0.0273 e. The summed E-state index contributed by atoms with van der Waals surface area (Å²) in [5, 5.41) is 0. The van der Waals surface area contributed by atoms with E-state index in [9.17, 15) is 0 Å². The van der Waals surface area contributed by atoms with Crippen LogP contribution in [0.2, 0.25) is 0 Å². The average Bonchev–Trinajstić information content (AvgIpc) is 3.04. The first-order chi connectivity index (χ1) is 20.4. The third kappa shape index (κ3) is 7.27. The SMILES string of the molecule is C#Cc1cc(C#C)cc(C#Cc2cc(C#Cc3cc(C#C)cc(C#C)c3)cc(C#Cc3cc(C#C)cc(C#C)c3)c2)c1. The van der Waals surface area contributed by atoms with Gasteiger partial charge in [-0.2, -0.15) is 0 Å². The van der Waals surface area contributed by atoms with E-state index in [0.717, 1.165) is 0 Å². The lowest BCUT2D eigenvalue weighted by molar-refractivity contribution is 1.53. The number of hydrogen-bond donors (Lipinski definition) is 0. The summed E-state index contributed by atoms with van der Waals surface area (Å²) >= 11 is 0. The molecule has 4 aromatic rings. The molecule has 0 bridgehead atoms. The summed E-state index contributed by atoms with van der Waals surface area (Å²) < 4.78 is 0. The van der Waals surface area contributed by atoms with Crippen LogP contribution in [0.15, 0.2) is 72.8 Å². The Morgan fingerprint density at radius 1 is 0.214 bits per heavy atom. The third-order valence-corrected chi connectivity index (χ3v) is 5.79. The van der Waals surface area contributed by atoms with Gasteiger partial charge in [-0.15, -0.1) is 38.5 Å². The quantitative estimate of drug-likeness (QED) is 0.257. The van der Waals surface area contributed by atoms with E-state index in [2.05, 4.69) is 71.0 Å². The Balaban J connectivity index is 1.83. The van der Waals surface area contributed by atoms with Gasteiger partial charge in [-0.1, -0.05) is 71.0 Å².